The molecule has 1 rings (SSSR count). The zero-order valence-corrected chi connectivity index (χ0v) is 12.0. The molecular formula is C14H24N2O2. The van der Waals surface area contributed by atoms with E-state index in [1.165, 1.54) is 0 Å². The Morgan fingerprint density at radius 2 is 2.00 bits per heavy atom. The Hall–Kier alpha value is -1.29. The summed E-state index contributed by atoms with van der Waals surface area (Å²) in [6, 6.07) is 3.70. The molecule has 1 aromatic heterocycles. The lowest BCUT2D eigenvalue weighted by Crippen LogP contribution is -2.56. The lowest BCUT2D eigenvalue weighted by atomic mass is 9.74. The minimum atomic E-state index is -0.615. The quantitative estimate of drug-likeness (QED) is 0.875. The van der Waals surface area contributed by atoms with Crippen molar-refractivity contribution in [1.29, 1.82) is 0 Å². The van der Waals surface area contributed by atoms with Gasteiger partial charge < -0.3 is 15.1 Å². The van der Waals surface area contributed by atoms with Gasteiger partial charge in [-0.2, -0.15) is 0 Å². The number of nitrogens with zero attached hydrogens (tertiary/aromatic N) is 1. The van der Waals surface area contributed by atoms with Crippen LogP contribution in [0, 0.1) is 5.41 Å². The van der Waals surface area contributed by atoms with Gasteiger partial charge in [-0.15, -0.1) is 0 Å². The smallest absolute Gasteiger partial charge is 0.230 e. The highest BCUT2D eigenvalue weighted by atomic mass is 16.3. The SMILES string of the molecule is CCN(Cc1ccco1)C(=O)C(C)(C)C(C)(C)N. The van der Waals surface area contributed by atoms with E-state index >= 15 is 0 Å². The highest BCUT2D eigenvalue weighted by Crippen LogP contribution is 2.31. The summed E-state index contributed by atoms with van der Waals surface area (Å²) < 4.78 is 5.29. The molecule has 0 saturated carbocycles. The molecule has 0 aliphatic carbocycles. The lowest BCUT2D eigenvalue weighted by Gasteiger charge is -2.40. The molecule has 0 unspecified atom stereocenters. The van der Waals surface area contributed by atoms with Gasteiger partial charge in [0, 0.05) is 12.1 Å². The molecule has 0 spiro atoms. The summed E-state index contributed by atoms with van der Waals surface area (Å²) in [4.78, 5) is 14.3. The predicted molar refractivity (Wildman–Crippen MR) is 71.8 cm³/mol. The number of carbonyl (C=O) groups is 1. The monoisotopic (exact) mass is 252 g/mol. The number of hydrogen-bond donors (Lipinski definition) is 1. The zero-order valence-electron chi connectivity index (χ0n) is 12.0. The van der Waals surface area contributed by atoms with E-state index in [2.05, 4.69) is 0 Å². The van der Waals surface area contributed by atoms with Gasteiger partial charge in [-0.3, -0.25) is 4.79 Å². The van der Waals surface area contributed by atoms with Crippen LogP contribution in [0.3, 0.4) is 0 Å². The fraction of sp³-hybridized carbons (Fsp3) is 0.643. The zero-order chi connectivity index (χ0) is 14.0. The lowest BCUT2D eigenvalue weighted by molar-refractivity contribution is -0.144. The summed E-state index contributed by atoms with van der Waals surface area (Å²) in [5.41, 5.74) is 4.92. The van der Waals surface area contributed by atoms with Crippen LogP contribution in [0.1, 0.15) is 40.4 Å². The van der Waals surface area contributed by atoms with Gasteiger partial charge in [-0.1, -0.05) is 0 Å². The first kappa shape index (κ1) is 14.8. The van der Waals surface area contributed by atoms with Crippen molar-refractivity contribution in [2.75, 3.05) is 6.54 Å². The predicted octanol–water partition coefficient (Wildman–Crippen LogP) is 2.39. The Bertz CT molecular complexity index is 388. The number of carbonyl (C=O) groups excluding carboxylic acids is 1. The van der Waals surface area contributed by atoms with Crippen LogP contribution in [0.4, 0.5) is 0 Å². The second-order valence-corrected chi connectivity index (χ2v) is 5.75. The van der Waals surface area contributed by atoms with Gasteiger partial charge in [0.1, 0.15) is 5.76 Å². The summed E-state index contributed by atoms with van der Waals surface area (Å²) in [5.74, 6) is 0.838. The van der Waals surface area contributed by atoms with E-state index < -0.39 is 11.0 Å². The third kappa shape index (κ3) is 2.93. The van der Waals surface area contributed by atoms with Gasteiger partial charge in [-0.25, -0.2) is 0 Å². The fourth-order valence-corrected chi connectivity index (χ4v) is 1.59. The standard InChI is InChI=1S/C14H24N2O2/c1-6-16(10-11-8-7-9-18-11)12(17)13(2,3)14(4,5)15/h7-9H,6,10,15H2,1-5H3. The first-order valence-corrected chi connectivity index (χ1v) is 6.30. The second-order valence-electron chi connectivity index (χ2n) is 5.75. The first-order chi connectivity index (χ1) is 8.20. The topological polar surface area (TPSA) is 59.5 Å². The Kier molecular flexibility index (Phi) is 4.22. The van der Waals surface area contributed by atoms with Crippen LogP contribution in [0.2, 0.25) is 0 Å². The van der Waals surface area contributed by atoms with Crippen LogP contribution in [0.15, 0.2) is 22.8 Å². The maximum absolute atomic E-state index is 12.6. The Labute approximate surface area is 109 Å². The molecule has 0 aliphatic rings. The average Bonchev–Trinajstić information content (AvgIpc) is 2.75. The largest absolute Gasteiger partial charge is 0.467 e. The molecule has 4 nitrogen and oxygen atoms in total. The van der Waals surface area contributed by atoms with E-state index in [4.69, 9.17) is 10.2 Å². The Morgan fingerprint density at radius 1 is 1.39 bits per heavy atom. The first-order valence-electron chi connectivity index (χ1n) is 6.30. The average molecular weight is 252 g/mol. The molecule has 0 fully saturated rings. The van der Waals surface area contributed by atoms with Crippen LogP contribution in [0.25, 0.3) is 0 Å². The number of rotatable bonds is 5. The number of hydrogen-bond acceptors (Lipinski definition) is 3. The molecule has 0 radical (unpaired) electrons. The third-order valence-electron chi connectivity index (χ3n) is 3.74. The van der Waals surface area contributed by atoms with E-state index in [0.29, 0.717) is 13.1 Å². The van der Waals surface area contributed by atoms with Crippen molar-refractivity contribution in [2.24, 2.45) is 11.1 Å². The molecular weight excluding hydrogens is 228 g/mol. The van der Waals surface area contributed by atoms with Crippen molar-refractivity contribution in [3.05, 3.63) is 24.2 Å². The third-order valence-corrected chi connectivity index (χ3v) is 3.74. The summed E-state index contributed by atoms with van der Waals surface area (Å²) in [6.45, 7) is 10.6. The molecule has 1 amide bonds. The molecule has 0 aromatic carbocycles. The van der Waals surface area contributed by atoms with Crippen molar-refractivity contribution in [1.82, 2.24) is 4.90 Å². The van der Waals surface area contributed by atoms with Gasteiger partial charge >= 0.3 is 0 Å². The Morgan fingerprint density at radius 3 is 2.39 bits per heavy atom. The normalized spacial score (nSPS) is 12.6. The van der Waals surface area contributed by atoms with E-state index in [9.17, 15) is 4.79 Å². The van der Waals surface area contributed by atoms with Crippen LogP contribution >= 0.6 is 0 Å². The van der Waals surface area contributed by atoms with Gasteiger partial charge in [0.25, 0.3) is 0 Å². The molecule has 0 bridgehead atoms. The van der Waals surface area contributed by atoms with Gasteiger partial charge in [0.15, 0.2) is 0 Å². The van der Waals surface area contributed by atoms with Crippen LogP contribution < -0.4 is 5.73 Å². The molecule has 0 atom stereocenters. The second kappa shape index (κ2) is 5.14. The summed E-state index contributed by atoms with van der Waals surface area (Å²) in [6.07, 6.45) is 1.62. The molecule has 1 aromatic rings. The summed E-state index contributed by atoms with van der Waals surface area (Å²) in [7, 11) is 0. The Balaban J connectivity index is 2.86. The highest BCUT2D eigenvalue weighted by molar-refractivity contribution is 5.83. The van der Waals surface area contributed by atoms with Gasteiger partial charge in [-0.05, 0) is 46.8 Å². The van der Waals surface area contributed by atoms with E-state index in [1.54, 1.807) is 11.2 Å². The minimum Gasteiger partial charge on any atom is -0.467 e. The van der Waals surface area contributed by atoms with Crippen molar-refractivity contribution in [3.63, 3.8) is 0 Å². The summed E-state index contributed by atoms with van der Waals surface area (Å²) in [5, 5.41) is 0. The maximum atomic E-state index is 12.6. The molecule has 18 heavy (non-hydrogen) atoms. The molecule has 0 aliphatic heterocycles. The number of furan rings is 1. The van der Waals surface area contributed by atoms with Crippen LogP contribution in [-0.2, 0) is 11.3 Å². The van der Waals surface area contributed by atoms with E-state index in [-0.39, 0.29) is 5.91 Å². The van der Waals surface area contributed by atoms with E-state index in [1.807, 2.05) is 46.8 Å². The minimum absolute atomic E-state index is 0.0499. The van der Waals surface area contributed by atoms with Crippen molar-refractivity contribution in [2.45, 2.75) is 46.7 Å². The fourth-order valence-electron chi connectivity index (χ4n) is 1.59. The highest BCUT2D eigenvalue weighted by Gasteiger charge is 2.42. The molecule has 4 heteroatoms. The number of nitrogens with two attached hydrogens (primary N) is 1. The van der Waals surface area contributed by atoms with Gasteiger partial charge in [0.05, 0.1) is 18.2 Å². The molecule has 0 saturated heterocycles. The van der Waals surface area contributed by atoms with Crippen molar-refractivity contribution < 1.29 is 9.21 Å². The number of amides is 1. The van der Waals surface area contributed by atoms with Crippen molar-refractivity contribution >= 4 is 5.91 Å². The molecule has 102 valence electrons. The summed E-state index contributed by atoms with van der Waals surface area (Å²) >= 11 is 0. The molecule has 1 heterocycles. The van der Waals surface area contributed by atoms with Gasteiger partial charge in [0.2, 0.25) is 5.91 Å². The maximum Gasteiger partial charge on any atom is 0.230 e. The van der Waals surface area contributed by atoms with E-state index in [0.717, 1.165) is 5.76 Å². The van der Waals surface area contributed by atoms with Crippen LogP contribution in [0.5, 0.6) is 0 Å². The van der Waals surface area contributed by atoms with Crippen molar-refractivity contribution in [3.8, 4) is 0 Å². The molecule has 2 N–H and O–H groups in total. The van der Waals surface area contributed by atoms with Crippen LogP contribution in [-0.4, -0.2) is 22.9 Å².